The number of aromatic nitrogens is 2. The van der Waals surface area contributed by atoms with E-state index < -0.39 is 0 Å². The Balaban J connectivity index is 2.08. The summed E-state index contributed by atoms with van der Waals surface area (Å²) in [4.78, 5) is 0. The van der Waals surface area contributed by atoms with Crippen molar-refractivity contribution in [3.63, 3.8) is 0 Å². The first-order chi connectivity index (χ1) is 8.60. The Kier molecular flexibility index (Phi) is 3.92. The van der Waals surface area contributed by atoms with E-state index >= 15 is 0 Å². The third-order valence-corrected chi connectivity index (χ3v) is 3.29. The highest BCUT2D eigenvalue weighted by molar-refractivity contribution is 6.33. The van der Waals surface area contributed by atoms with Gasteiger partial charge < -0.3 is 5.32 Å². The van der Waals surface area contributed by atoms with E-state index in [0.29, 0.717) is 0 Å². The lowest BCUT2D eigenvalue weighted by Gasteiger charge is -2.09. The number of nitrogens with zero attached hydrogens (tertiary/aromatic N) is 2. The third kappa shape index (κ3) is 2.85. The second-order valence-corrected chi connectivity index (χ2v) is 4.85. The zero-order chi connectivity index (χ0) is 13.1. The molecule has 1 heterocycles. The molecule has 0 aliphatic heterocycles. The fraction of sp³-hybridized carbons (Fsp3) is 0.357. The average Bonchev–Trinajstić information content (AvgIpc) is 2.69. The molecule has 0 bridgehead atoms. The third-order valence-electron chi connectivity index (χ3n) is 2.97. The number of benzene rings is 1. The van der Waals surface area contributed by atoms with E-state index in [4.69, 9.17) is 11.6 Å². The molecule has 0 saturated heterocycles. The van der Waals surface area contributed by atoms with E-state index in [-0.39, 0.29) is 0 Å². The van der Waals surface area contributed by atoms with Gasteiger partial charge in [-0.15, -0.1) is 0 Å². The summed E-state index contributed by atoms with van der Waals surface area (Å²) in [5, 5.41) is 8.52. The van der Waals surface area contributed by atoms with Crippen LogP contribution >= 0.6 is 11.6 Å². The predicted octanol–water partition coefficient (Wildman–Crippen LogP) is 3.56. The van der Waals surface area contributed by atoms with Gasteiger partial charge in [-0.2, -0.15) is 5.10 Å². The lowest BCUT2D eigenvalue weighted by Crippen LogP contribution is -2.05. The van der Waals surface area contributed by atoms with Gasteiger partial charge in [0.25, 0.3) is 0 Å². The molecule has 0 aliphatic carbocycles. The molecule has 0 amide bonds. The Morgan fingerprint density at radius 2 is 2.11 bits per heavy atom. The Bertz CT molecular complexity index is 546. The minimum atomic E-state index is 0.728. The Morgan fingerprint density at radius 3 is 2.72 bits per heavy atom. The highest BCUT2D eigenvalue weighted by Crippen LogP contribution is 2.23. The van der Waals surface area contributed by atoms with Crippen molar-refractivity contribution >= 4 is 17.3 Å². The van der Waals surface area contributed by atoms with Crippen molar-refractivity contribution in [3.05, 3.63) is 46.2 Å². The maximum Gasteiger partial charge on any atom is 0.0640 e. The van der Waals surface area contributed by atoms with Gasteiger partial charge in [0.05, 0.1) is 28.6 Å². The summed E-state index contributed by atoms with van der Waals surface area (Å²) in [5.74, 6) is 0. The molecule has 0 atom stereocenters. The normalized spacial score (nSPS) is 10.7. The van der Waals surface area contributed by atoms with E-state index in [1.807, 2.05) is 30.8 Å². The first kappa shape index (κ1) is 13.0. The van der Waals surface area contributed by atoms with E-state index in [2.05, 4.69) is 29.5 Å². The lowest BCUT2D eigenvalue weighted by molar-refractivity contribution is 0.707. The maximum absolute atomic E-state index is 6.18. The van der Waals surface area contributed by atoms with Crippen LogP contribution in [0, 0.1) is 6.92 Å². The number of rotatable bonds is 4. The van der Waals surface area contributed by atoms with Crippen LogP contribution in [0.2, 0.25) is 5.02 Å². The molecule has 1 aromatic carbocycles. The number of aryl methyl sites for hydroxylation is 3. The number of halogens is 1. The van der Waals surface area contributed by atoms with E-state index in [9.17, 15) is 0 Å². The van der Waals surface area contributed by atoms with Crippen LogP contribution < -0.4 is 5.32 Å². The number of nitrogens with one attached hydrogen (secondary N) is 1. The highest BCUT2D eigenvalue weighted by atomic mass is 35.5. The molecule has 18 heavy (non-hydrogen) atoms. The van der Waals surface area contributed by atoms with Gasteiger partial charge in [0, 0.05) is 7.05 Å². The molecule has 3 nitrogen and oxygen atoms in total. The van der Waals surface area contributed by atoms with Crippen molar-refractivity contribution in [2.24, 2.45) is 7.05 Å². The van der Waals surface area contributed by atoms with Crippen molar-refractivity contribution in [3.8, 4) is 0 Å². The van der Waals surface area contributed by atoms with Gasteiger partial charge in [-0.1, -0.05) is 24.6 Å². The molecule has 0 saturated carbocycles. The smallest absolute Gasteiger partial charge is 0.0640 e. The molecule has 0 unspecified atom stereocenters. The Morgan fingerprint density at radius 1 is 1.33 bits per heavy atom. The van der Waals surface area contributed by atoms with Crippen LogP contribution in [0.1, 0.15) is 23.9 Å². The number of anilines is 1. The summed E-state index contributed by atoms with van der Waals surface area (Å²) in [6, 6.07) is 8.14. The van der Waals surface area contributed by atoms with Crippen molar-refractivity contribution in [2.45, 2.75) is 26.8 Å². The van der Waals surface area contributed by atoms with Gasteiger partial charge in [0.2, 0.25) is 0 Å². The van der Waals surface area contributed by atoms with Crippen molar-refractivity contribution in [1.82, 2.24) is 9.78 Å². The summed E-state index contributed by atoms with van der Waals surface area (Å²) in [6.45, 7) is 4.87. The molecule has 96 valence electrons. The lowest BCUT2D eigenvalue weighted by atomic mass is 10.2. The zero-order valence-electron chi connectivity index (χ0n) is 11.0. The van der Waals surface area contributed by atoms with Crippen molar-refractivity contribution in [2.75, 3.05) is 5.32 Å². The summed E-state index contributed by atoms with van der Waals surface area (Å²) >= 11 is 6.18. The SMILES string of the molecule is CCc1cc(CNc2ccc(C)cc2Cl)n(C)n1. The summed E-state index contributed by atoms with van der Waals surface area (Å²) in [5.41, 5.74) is 4.40. The molecular weight excluding hydrogens is 246 g/mol. The first-order valence-corrected chi connectivity index (χ1v) is 6.49. The van der Waals surface area contributed by atoms with Crippen LogP contribution in [0.5, 0.6) is 0 Å². The van der Waals surface area contributed by atoms with Crippen LogP contribution in [-0.4, -0.2) is 9.78 Å². The molecule has 0 spiro atoms. The average molecular weight is 264 g/mol. The molecule has 4 heteroatoms. The summed E-state index contributed by atoms with van der Waals surface area (Å²) in [7, 11) is 1.97. The van der Waals surface area contributed by atoms with E-state index in [1.54, 1.807) is 0 Å². The number of hydrogen-bond donors (Lipinski definition) is 1. The van der Waals surface area contributed by atoms with E-state index in [0.717, 1.165) is 35.1 Å². The maximum atomic E-state index is 6.18. The quantitative estimate of drug-likeness (QED) is 0.914. The predicted molar refractivity (Wildman–Crippen MR) is 76.1 cm³/mol. The molecule has 0 aliphatic rings. The topological polar surface area (TPSA) is 29.9 Å². The largest absolute Gasteiger partial charge is 0.378 e. The monoisotopic (exact) mass is 263 g/mol. The van der Waals surface area contributed by atoms with Gasteiger partial charge in [0.15, 0.2) is 0 Å². The molecule has 0 fully saturated rings. The molecule has 1 N–H and O–H groups in total. The first-order valence-electron chi connectivity index (χ1n) is 6.12. The fourth-order valence-corrected chi connectivity index (χ4v) is 2.16. The van der Waals surface area contributed by atoms with E-state index in [1.165, 1.54) is 5.56 Å². The minimum absolute atomic E-state index is 0.728. The van der Waals surface area contributed by atoms with Crippen LogP contribution in [-0.2, 0) is 20.0 Å². The standard InChI is InChI=1S/C14H18ClN3/c1-4-11-8-12(18(3)17-11)9-16-14-6-5-10(2)7-13(14)15/h5-8,16H,4,9H2,1-3H3. The molecule has 2 rings (SSSR count). The Hall–Kier alpha value is -1.48. The van der Waals surface area contributed by atoms with Crippen LogP contribution in [0.25, 0.3) is 0 Å². The molecular formula is C14H18ClN3. The highest BCUT2D eigenvalue weighted by Gasteiger charge is 2.05. The van der Waals surface area contributed by atoms with Gasteiger partial charge in [0.1, 0.15) is 0 Å². The summed E-state index contributed by atoms with van der Waals surface area (Å²) < 4.78 is 1.91. The van der Waals surface area contributed by atoms with Crippen LogP contribution in [0.3, 0.4) is 0 Å². The van der Waals surface area contributed by atoms with Gasteiger partial charge in [-0.05, 0) is 37.1 Å². The Labute approximate surface area is 113 Å². The summed E-state index contributed by atoms with van der Waals surface area (Å²) in [6.07, 6.45) is 0.957. The van der Waals surface area contributed by atoms with Gasteiger partial charge in [-0.3, -0.25) is 4.68 Å². The second kappa shape index (κ2) is 5.44. The molecule has 0 radical (unpaired) electrons. The van der Waals surface area contributed by atoms with Gasteiger partial charge >= 0.3 is 0 Å². The van der Waals surface area contributed by atoms with Crippen LogP contribution in [0.15, 0.2) is 24.3 Å². The zero-order valence-corrected chi connectivity index (χ0v) is 11.8. The van der Waals surface area contributed by atoms with Crippen molar-refractivity contribution in [1.29, 1.82) is 0 Å². The van der Waals surface area contributed by atoms with Crippen LogP contribution in [0.4, 0.5) is 5.69 Å². The molecule has 2 aromatic rings. The van der Waals surface area contributed by atoms with Gasteiger partial charge in [-0.25, -0.2) is 0 Å². The fourth-order valence-electron chi connectivity index (χ4n) is 1.86. The molecule has 1 aromatic heterocycles. The van der Waals surface area contributed by atoms with Crippen molar-refractivity contribution < 1.29 is 0 Å². The number of hydrogen-bond acceptors (Lipinski definition) is 2. The second-order valence-electron chi connectivity index (χ2n) is 4.44. The minimum Gasteiger partial charge on any atom is -0.378 e.